The molecule has 0 saturated heterocycles. The molecule has 1 heterocycles. The van der Waals surface area contributed by atoms with E-state index < -0.39 is 11.6 Å². The Morgan fingerprint density at radius 2 is 1.29 bits per heavy atom. The average Bonchev–Trinajstić information content (AvgIpc) is 2.63. The molecule has 0 radical (unpaired) electrons. The Bertz CT molecular complexity index is 1240. The van der Waals surface area contributed by atoms with E-state index in [2.05, 4.69) is 4.98 Å². The summed E-state index contributed by atoms with van der Waals surface area (Å²) in [4.78, 5) is 33.8. The molecule has 0 spiro atoms. The molecule has 0 amide bonds. The summed E-state index contributed by atoms with van der Waals surface area (Å²) in [6.07, 6.45) is 3.04. The third-order valence-corrected chi connectivity index (χ3v) is 4.40. The molecule has 0 atom stereocenters. The fraction of sp³-hybridized carbons (Fsp3) is 0. The molecule has 3 aromatic carbocycles. The summed E-state index contributed by atoms with van der Waals surface area (Å²) >= 11 is 0. The first-order chi connectivity index (χ1) is 11.7. The number of para-hydroxylation sites is 2. The van der Waals surface area contributed by atoms with Crippen molar-refractivity contribution in [3.63, 3.8) is 0 Å². The van der Waals surface area contributed by atoms with Crippen LogP contribution in [0.4, 0.5) is 0 Å². The predicted molar refractivity (Wildman–Crippen MR) is 92.9 cm³/mol. The number of ketones is 2. The van der Waals surface area contributed by atoms with E-state index in [1.807, 2.05) is 48.5 Å². The highest BCUT2D eigenvalue weighted by molar-refractivity contribution is 6.52. The van der Waals surface area contributed by atoms with Crippen LogP contribution in [-0.4, -0.2) is 21.5 Å². The lowest BCUT2D eigenvalue weighted by Gasteiger charge is -2.15. The van der Waals surface area contributed by atoms with Gasteiger partial charge in [-0.1, -0.05) is 36.4 Å². The van der Waals surface area contributed by atoms with Gasteiger partial charge in [-0.15, -0.1) is 0 Å². The Hall–Kier alpha value is -3.40. The number of hydrogen-bond acceptors (Lipinski definition) is 4. The molecule has 4 heteroatoms. The second-order valence-corrected chi connectivity index (χ2v) is 5.77. The van der Waals surface area contributed by atoms with Gasteiger partial charge in [-0.3, -0.25) is 9.59 Å². The standard InChI is InChI=1S/C20H10N2O2/c23-16-10-9-12-11-5-1-2-6-13(11)18-19(17(12)20(16)24)22-15-8-4-3-7-14(15)21-18/h1-10H. The van der Waals surface area contributed by atoms with Crippen molar-refractivity contribution in [3.05, 3.63) is 65.7 Å². The maximum absolute atomic E-state index is 12.5. The number of carbonyl (C=O) groups excluding carboxylic acids is 2. The van der Waals surface area contributed by atoms with E-state index in [9.17, 15) is 9.59 Å². The molecule has 5 rings (SSSR count). The Morgan fingerprint density at radius 1 is 0.667 bits per heavy atom. The summed E-state index contributed by atoms with van der Waals surface area (Å²) in [5.74, 6) is -1.04. The maximum atomic E-state index is 12.5. The van der Waals surface area contributed by atoms with Crippen LogP contribution in [-0.2, 0) is 4.79 Å². The number of nitrogens with zero attached hydrogens (tertiary/aromatic N) is 2. The zero-order chi connectivity index (χ0) is 16.3. The summed E-state index contributed by atoms with van der Waals surface area (Å²) in [5.41, 5.74) is 3.71. The Balaban J connectivity index is 2.11. The smallest absolute Gasteiger partial charge is 0.235 e. The fourth-order valence-electron chi connectivity index (χ4n) is 3.31. The van der Waals surface area contributed by atoms with E-state index in [0.29, 0.717) is 22.1 Å². The third-order valence-electron chi connectivity index (χ3n) is 4.40. The second-order valence-electron chi connectivity index (χ2n) is 5.77. The van der Waals surface area contributed by atoms with E-state index in [4.69, 9.17) is 4.98 Å². The number of Topliss-reactive ketones (excluding diaryl/α,β-unsaturated/α-hetero) is 1. The highest BCUT2D eigenvalue weighted by Gasteiger charge is 2.27. The molecular formula is C20H10N2O2. The fourth-order valence-corrected chi connectivity index (χ4v) is 3.31. The number of rotatable bonds is 0. The van der Waals surface area contributed by atoms with Gasteiger partial charge in [0.2, 0.25) is 11.6 Å². The zero-order valence-electron chi connectivity index (χ0n) is 12.5. The predicted octanol–water partition coefficient (Wildman–Crippen LogP) is 3.71. The van der Waals surface area contributed by atoms with Crippen LogP contribution < -0.4 is 0 Å². The van der Waals surface area contributed by atoms with Gasteiger partial charge in [-0.25, -0.2) is 9.97 Å². The highest BCUT2D eigenvalue weighted by atomic mass is 16.2. The molecule has 4 aromatic rings. The van der Waals surface area contributed by atoms with Gasteiger partial charge in [-0.05, 0) is 35.2 Å². The van der Waals surface area contributed by atoms with Gasteiger partial charge in [0.25, 0.3) is 0 Å². The molecule has 1 aromatic heterocycles. The Morgan fingerprint density at radius 3 is 2.04 bits per heavy atom. The van der Waals surface area contributed by atoms with Crippen LogP contribution in [0.15, 0.2) is 54.6 Å². The first-order valence-corrected chi connectivity index (χ1v) is 7.62. The molecule has 24 heavy (non-hydrogen) atoms. The molecule has 1 aliphatic rings. The van der Waals surface area contributed by atoms with Crippen LogP contribution in [0.2, 0.25) is 0 Å². The summed E-state index contributed by atoms with van der Waals surface area (Å²) in [6, 6.07) is 15.3. The number of aromatic nitrogens is 2. The van der Waals surface area contributed by atoms with Gasteiger partial charge in [-0.2, -0.15) is 0 Å². The van der Waals surface area contributed by atoms with Crippen molar-refractivity contribution in [2.45, 2.75) is 0 Å². The van der Waals surface area contributed by atoms with Crippen molar-refractivity contribution < 1.29 is 9.59 Å². The quantitative estimate of drug-likeness (QED) is 0.282. The molecule has 1 aliphatic carbocycles. The summed E-state index contributed by atoms with van der Waals surface area (Å²) in [6.45, 7) is 0. The van der Waals surface area contributed by atoms with Crippen molar-refractivity contribution in [2.75, 3.05) is 0 Å². The van der Waals surface area contributed by atoms with Crippen molar-refractivity contribution in [2.24, 2.45) is 0 Å². The first kappa shape index (κ1) is 13.1. The van der Waals surface area contributed by atoms with Crippen LogP contribution in [0, 0.1) is 0 Å². The minimum absolute atomic E-state index is 0.356. The number of hydrogen-bond donors (Lipinski definition) is 0. The molecule has 0 fully saturated rings. The molecule has 0 aliphatic heterocycles. The lowest BCUT2D eigenvalue weighted by atomic mass is 9.89. The van der Waals surface area contributed by atoms with E-state index >= 15 is 0 Å². The minimum Gasteiger partial charge on any atom is -0.286 e. The molecule has 0 bridgehead atoms. The van der Waals surface area contributed by atoms with Gasteiger partial charge in [0.15, 0.2) is 0 Å². The summed E-state index contributed by atoms with van der Waals surface area (Å²) < 4.78 is 0. The average molecular weight is 310 g/mol. The van der Waals surface area contributed by atoms with Crippen molar-refractivity contribution in [1.29, 1.82) is 0 Å². The normalized spacial score (nSPS) is 13.8. The SMILES string of the molecule is O=C1C=Cc2c(c3nc4ccccc4nc3c3ccccc23)C1=O. The number of fused-ring (bicyclic) bond motifs is 7. The van der Waals surface area contributed by atoms with E-state index in [0.717, 1.165) is 21.9 Å². The van der Waals surface area contributed by atoms with Crippen molar-refractivity contribution in [3.8, 4) is 0 Å². The van der Waals surface area contributed by atoms with Gasteiger partial charge < -0.3 is 0 Å². The molecule has 0 saturated carbocycles. The Labute approximate surface area is 136 Å². The van der Waals surface area contributed by atoms with Crippen LogP contribution in [0.3, 0.4) is 0 Å². The molecular weight excluding hydrogens is 300 g/mol. The van der Waals surface area contributed by atoms with E-state index in [1.165, 1.54) is 6.08 Å². The van der Waals surface area contributed by atoms with Crippen molar-refractivity contribution in [1.82, 2.24) is 9.97 Å². The summed E-state index contributed by atoms with van der Waals surface area (Å²) in [5, 5.41) is 1.83. The van der Waals surface area contributed by atoms with Gasteiger partial charge in [0.1, 0.15) is 5.52 Å². The van der Waals surface area contributed by atoms with Crippen LogP contribution in [0.25, 0.3) is 38.9 Å². The molecule has 0 N–H and O–H groups in total. The number of allylic oxidation sites excluding steroid dienone is 1. The van der Waals surface area contributed by atoms with Gasteiger partial charge in [0.05, 0.1) is 22.1 Å². The minimum atomic E-state index is -0.521. The molecule has 112 valence electrons. The van der Waals surface area contributed by atoms with E-state index in [-0.39, 0.29) is 0 Å². The summed E-state index contributed by atoms with van der Waals surface area (Å²) in [7, 11) is 0. The maximum Gasteiger partial charge on any atom is 0.235 e. The largest absolute Gasteiger partial charge is 0.286 e. The van der Waals surface area contributed by atoms with Gasteiger partial charge in [0, 0.05) is 5.39 Å². The molecule has 4 nitrogen and oxygen atoms in total. The number of benzene rings is 3. The van der Waals surface area contributed by atoms with Crippen LogP contribution in [0.1, 0.15) is 15.9 Å². The zero-order valence-corrected chi connectivity index (χ0v) is 12.5. The van der Waals surface area contributed by atoms with Gasteiger partial charge >= 0.3 is 0 Å². The monoisotopic (exact) mass is 310 g/mol. The van der Waals surface area contributed by atoms with Crippen molar-refractivity contribution >= 4 is 50.5 Å². The lowest BCUT2D eigenvalue weighted by Crippen LogP contribution is -2.17. The lowest BCUT2D eigenvalue weighted by molar-refractivity contribution is -0.110. The van der Waals surface area contributed by atoms with Crippen LogP contribution in [0.5, 0.6) is 0 Å². The molecule has 0 unspecified atom stereocenters. The Kier molecular flexibility index (Phi) is 2.48. The first-order valence-electron chi connectivity index (χ1n) is 7.62. The highest BCUT2D eigenvalue weighted by Crippen LogP contribution is 2.34. The van der Waals surface area contributed by atoms with Crippen LogP contribution >= 0.6 is 0 Å². The second kappa shape index (κ2) is 4.55. The third kappa shape index (κ3) is 1.62. The number of carbonyl (C=O) groups is 2. The topological polar surface area (TPSA) is 59.9 Å². The van der Waals surface area contributed by atoms with E-state index in [1.54, 1.807) is 6.08 Å².